The molecule has 0 atom stereocenters. The molecule has 0 aliphatic carbocycles. The Morgan fingerprint density at radius 3 is 2.45 bits per heavy atom. The van der Waals surface area contributed by atoms with Gasteiger partial charge in [0.25, 0.3) is 5.91 Å². The first kappa shape index (κ1) is 14.2. The predicted molar refractivity (Wildman–Crippen MR) is 70.6 cm³/mol. The molecule has 0 aliphatic heterocycles. The summed E-state index contributed by atoms with van der Waals surface area (Å²) in [5.41, 5.74) is 0.423. The SMILES string of the molecule is O=C(Nc1ccc(F)c(F)c1)c1cccc(B(O)O)c1. The molecule has 7 heteroatoms. The number of amides is 1. The predicted octanol–water partition coefficient (Wildman–Crippen LogP) is 0.897. The summed E-state index contributed by atoms with van der Waals surface area (Å²) in [4.78, 5) is 11.9. The molecule has 1 amide bonds. The van der Waals surface area contributed by atoms with Crippen LogP contribution in [0.25, 0.3) is 0 Å². The molecule has 2 aromatic rings. The molecular formula is C13H10BF2NO3. The highest BCUT2D eigenvalue weighted by molar-refractivity contribution is 6.58. The fourth-order valence-corrected chi connectivity index (χ4v) is 1.62. The standard InChI is InChI=1S/C13H10BF2NO3/c15-11-5-4-10(7-12(11)16)17-13(18)8-2-1-3-9(6-8)14(19)20/h1-7,19-20H,(H,17,18). The molecule has 0 saturated heterocycles. The van der Waals surface area contributed by atoms with Crippen LogP contribution < -0.4 is 10.8 Å². The van der Waals surface area contributed by atoms with Crippen molar-refractivity contribution in [2.45, 2.75) is 0 Å². The Kier molecular flexibility index (Phi) is 4.12. The number of carbonyl (C=O) groups is 1. The van der Waals surface area contributed by atoms with Gasteiger partial charge in [0.05, 0.1) is 0 Å². The van der Waals surface area contributed by atoms with Gasteiger partial charge in [0.15, 0.2) is 11.6 Å². The Bertz CT molecular complexity index is 649. The molecule has 20 heavy (non-hydrogen) atoms. The zero-order valence-corrected chi connectivity index (χ0v) is 10.2. The maximum Gasteiger partial charge on any atom is 0.488 e. The van der Waals surface area contributed by atoms with Crippen molar-refractivity contribution in [3.05, 3.63) is 59.7 Å². The van der Waals surface area contributed by atoms with Crippen molar-refractivity contribution in [2.24, 2.45) is 0 Å². The van der Waals surface area contributed by atoms with E-state index in [1.165, 1.54) is 30.3 Å². The highest BCUT2D eigenvalue weighted by atomic mass is 19.2. The van der Waals surface area contributed by atoms with Gasteiger partial charge in [-0.2, -0.15) is 0 Å². The van der Waals surface area contributed by atoms with E-state index in [0.717, 1.165) is 12.1 Å². The van der Waals surface area contributed by atoms with Crippen molar-refractivity contribution in [3.8, 4) is 0 Å². The lowest BCUT2D eigenvalue weighted by atomic mass is 9.79. The normalized spacial score (nSPS) is 10.2. The fourth-order valence-electron chi connectivity index (χ4n) is 1.62. The van der Waals surface area contributed by atoms with Crippen molar-refractivity contribution >= 4 is 24.2 Å². The molecule has 0 saturated carbocycles. The number of rotatable bonds is 3. The van der Waals surface area contributed by atoms with Crippen LogP contribution in [-0.4, -0.2) is 23.1 Å². The Balaban J connectivity index is 2.19. The van der Waals surface area contributed by atoms with Crippen LogP contribution in [0.1, 0.15) is 10.4 Å². The summed E-state index contributed by atoms with van der Waals surface area (Å²) in [5, 5.41) is 20.4. The third-order valence-electron chi connectivity index (χ3n) is 2.62. The van der Waals surface area contributed by atoms with Crippen molar-refractivity contribution in [2.75, 3.05) is 5.32 Å². The summed E-state index contributed by atoms with van der Waals surface area (Å²) in [6, 6.07) is 8.66. The monoisotopic (exact) mass is 277 g/mol. The first-order chi connectivity index (χ1) is 9.47. The highest BCUT2D eigenvalue weighted by Crippen LogP contribution is 2.14. The molecule has 0 aromatic heterocycles. The molecule has 0 heterocycles. The summed E-state index contributed by atoms with van der Waals surface area (Å²) >= 11 is 0. The van der Waals surface area contributed by atoms with Gasteiger partial charge in [-0.1, -0.05) is 12.1 Å². The summed E-state index contributed by atoms with van der Waals surface area (Å²) in [5.74, 6) is -2.64. The largest absolute Gasteiger partial charge is 0.488 e. The Hall–Kier alpha value is -2.25. The van der Waals surface area contributed by atoms with Crippen LogP contribution in [0, 0.1) is 11.6 Å². The summed E-state index contributed by atoms with van der Waals surface area (Å²) in [6.45, 7) is 0. The molecule has 2 aromatic carbocycles. The van der Waals surface area contributed by atoms with Crippen molar-refractivity contribution in [1.29, 1.82) is 0 Å². The topological polar surface area (TPSA) is 69.6 Å². The highest BCUT2D eigenvalue weighted by Gasteiger charge is 2.14. The van der Waals surface area contributed by atoms with Crippen LogP contribution in [0.4, 0.5) is 14.5 Å². The van der Waals surface area contributed by atoms with Gasteiger partial charge in [-0.3, -0.25) is 4.79 Å². The average Bonchev–Trinajstić information content (AvgIpc) is 2.43. The molecule has 0 spiro atoms. The van der Waals surface area contributed by atoms with Gasteiger partial charge in [-0.25, -0.2) is 8.78 Å². The van der Waals surface area contributed by atoms with Gasteiger partial charge in [0.2, 0.25) is 0 Å². The third kappa shape index (κ3) is 3.20. The van der Waals surface area contributed by atoms with E-state index in [0.29, 0.717) is 0 Å². The molecule has 2 rings (SSSR count). The van der Waals surface area contributed by atoms with E-state index in [9.17, 15) is 13.6 Å². The number of hydrogen-bond acceptors (Lipinski definition) is 3. The second-order valence-corrected chi connectivity index (χ2v) is 4.08. The number of carbonyl (C=O) groups excluding carboxylic acids is 1. The van der Waals surface area contributed by atoms with Gasteiger partial charge in [-0.15, -0.1) is 0 Å². The average molecular weight is 277 g/mol. The number of anilines is 1. The molecule has 0 fully saturated rings. The zero-order chi connectivity index (χ0) is 14.7. The van der Waals surface area contributed by atoms with Crippen LogP contribution in [0.5, 0.6) is 0 Å². The van der Waals surface area contributed by atoms with E-state index in [4.69, 9.17) is 10.0 Å². The van der Waals surface area contributed by atoms with Gasteiger partial charge >= 0.3 is 7.12 Å². The maximum absolute atomic E-state index is 13.0. The zero-order valence-electron chi connectivity index (χ0n) is 10.2. The number of halogens is 2. The molecule has 4 nitrogen and oxygen atoms in total. The summed E-state index contributed by atoms with van der Waals surface area (Å²) < 4.78 is 25.8. The van der Waals surface area contributed by atoms with Gasteiger partial charge in [-0.05, 0) is 29.7 Å². The third-order valence-corrected chi connectivity index (χ3v) is 2.62. The summed E-state index contributed by atoms with van der Waals surface area (Å²) in [7, 11) is -1.69. The molecule has 0 aliphatic rings. The quantitative estimate of drug-likeness (QED) is 0.730. The second kappa shape index (κ2) is 5.81. The van der Waals surface area contributed by atoms with E-state index in [1.54, 1.807) is 0 Å². The van der Waals surface area contributed by atoms with E-state index < -0.39 is 24.7 Å². The minimum Gasteiger partial charge on any atom is -0.423 e. The first-order valence-electron chi connectivity index (χ1n) is 5.70. The van der Waals surface area contributed by atoms with Gasteiger partial charge in [0.1, 0.15) is 0 Å². The van der Waals surface area contributed by atoms with Crippen LogP contribution in [0.2, 0.25) is 0 Å². The second-order valence-electron chi connectivity index (χ2n) is 4.08. The lowest BCUT2D eigenvalue weighted by Crippen LogP contribution is -2.30. The van der Waals surface area contributed by atoms with Gasteiger partial charge in [0, 0.05) is 17.3 Å². The smallest absolute Gasteiger partial charge is 0.423 e. The van der Waals surface area contributed by atoms with E-state index in [-0.39, 0.29) is 16.7 Å². The molecule has 102 valence electrons. The Labute approximate surface area is 113 Å². The van der Waals surface area contributed by atoms with E-state index in [1.807, 2.05) is 0 Å². The number of benzene rings is 2. The van der Waals surface area contributed by atoms with Crippen LogP contribution in [0.3, 0.4) is 0 Å². The minimum atomic E-state index is -1.69. The lowest BCUT2D eigenvalue weighted by molar-refractivity contribution is 0.102. The Morgan fingerprint density at radius 1 is 1.05 bits per heavy atom. The fraction of sp³-hybridized carbons (Fsp3) is 0. The molecule has 0 bridgehead atoms. The van der Waals surface area contributed by atoms with Gasteiger partial charge < -0.3 is 15.4 Å². The van der Waals surface area contributed by atoms with Crippen LogP contribution >= 0.6 is 0 Å². The molecular weight excluding hydrogens is 267 g/mol. The number of nitrogens with one attached hydrogen (secondary N) is 1. The minimum absolute atomic E-state index is 0.101. The molecule has 0 radical (unpaired) electrons. The van der Waals surface area contributed by atoms with Crippen molar-refractivity contribution < 1.29 is 23.6 Å². The number of hydrogen-bond donors (Lipinski definition) is 3. The van der Waals surface area contributed by atoms with Crippen molar-refractivity contribution in [1.82, 2.24) is 0 Å². The maximum atomic E-state index is 13.0. The lowest BCUT2D eigenvalue weighted by Gasteiger charge is -2.07. The van der Waals surface area contributed by atoms with Crippen LogP contribution in [0.15, 0.2) is 42.5 Å². The van der Waals surface area contributed by atoms with E-state index >= 15 is 0 Å². The van der Waals surface area contributed by atoms with Crippen molar-refractivity contribution in [3.63, 3.8) is 0 Å². The van der Waals surface area contributed by atoms with Crippen LogP contribution in [-0.2, 0) is 0 Å². The molecule has 3 N–H and O–H groups in total. The molecule has 0 unspecified atom stereocenters. The Morgan fingerprint density at radius 2 is 1.80 bits per heavy atom. The summed E-state index contributed by atoms with van der Waals surface area (Å²) in [6.07, 6.45) is 0. The van der Waals surface area contributed by atoms with E-state index in [2.05, 4.69) is 5.32 Å². The first-order valence-corrected chi connectivity index (χ1v) is 5.70.